The summed E-state index contributed by atoms with van der Waals surface area (Å²) in [5, 5.41) is 2.42. The van der Waals surface area contributed by atoms with Crippen LogP contribution >= 0.6 is 0 Å². The number of carbonyl (C=O) groups excluding carboxylic acids is 2. The van der Waals surface area contributed by atoms with Gasteiger partial charge in [-0.1, -0.05) is 6.07 Å². The highest BCUT2D eigenvalue weighted by Gasteiger charge is 2.21. The number of rotatable bonds is 8. The highest BCUT2D eigenvalue weighted by molar-refractivity contribution is 5.97. The van der Waals surface area contributed by atoms with Crippen LogP contribution in [-0.4, -0.2) is 31.2 Å². The Morgan fingerprint density at radius 3 is 2.50 bits per heavy atom. The van der Waals surface area contributed by atoms with Crippen LogP contribution in [0.5, 0.6) is 11.5 Å². The number of amides is 1. The maximum Gasteiger partial charge on any atom is 0.387 e. The van der Waals surface area contributed by atoms with E-state index in [-0.39, 0.29) is 29.4 Å². The minimum atomic E-state index is -3.05. The Hall–Kier alpha value is -3.23. The minimum Gasteiger partial charge on any atom is -0.490 e. The maximum absolute atomic E-state index is 13.2. The van der Waals surface area contributed by atoms with Crippen LogP contribution in [0.4, 0.5) is 18.9 Å². The molecule has 0 saturated heterocycles. The second-order valence-electron chi connectivity index (χ2n) is 5.52. The molecule has 1 amide bonds. The Bertz CT molecular complexity index is 844. The lowest BCUT2D eigenvalue weighted by atomic mass is 10.2. The number of carbonyl (C=O) groups is 2. The minimum absolute atomic E-state index is 0.0181. The molecule has 0 aliphatic heterocycles. The predicted molar refractivity (Wildman–Crippen MR) is 94.2 cm³/mol. The lowest BCUT2D eigenvalue weighted by molar-refractivity contribution is -0.123. The smallest absolute Gasteiger partial charge is 0.387 e. The standard InChI is InChI=1S/C19H18F3NO5/c1-3-26-16-9-12(7-8-15(16)28-19(21)22)18(25)27-11(2)17(24)23-14-6-4-5-13(20)10-14/h4-11,19H,3H2,1-2H3,(H,23,24)/t11-/m0/s1. The highest BCUT2D eigenvalue weighted by Crippen LogP contribution is 2.30. The van der Waals surface area contributed by atoms with Gasteiger partial charge in [0.2, 0.25) is 0 Å². The average molecular weight is 397 g/mol. The Labute approximate surface area is 159 Å². The first-order valence-corrected chi connectivity index (χ1v) is 8.29. The third kappa shape index (κ3) is 5.90. The van der Waals surface area contributed by atoms with E-state index in [0.29, 0.717) is 0 Å². The second kappa shape index (κ2) is 9.63. The molecule has 0 unspecified atom stereocenters. The molecule has 0 saturated carbocycles. The molecule has 2 aromatic carbocycles. The van der Waals surface area contributed by atoms with Gasteiger partial charge in [-0.05, 0) is 50.2 Å². The van der Waals surface area contributed by atoms with Crippen LogP contribution in [0.2, 0.25) is 0 Å². The van der Waals surface area contributed by atoms with Crippen LogP contribution in [0, 0.1) is 5.82 Å². The van der Waals surface area contributed by atoms with Crippen molar-refractivity contribution in [1.82, 2.24) is 0 Å². The first kappa shape index (κ1) is 21.1. The van der Waals surface area contributed by atoms with Gasteiger partial charge in [-0.2, -0.15) is 8.78 Å². The second-order valence-corrected chi connectivity index (χ2v) is 5.52. The fourth-order valence-corrected chi connectivity index (χ4v) is 2.19. The molecular formula is C19H18F3NO5. The van der Waals surface area contributed by atoms with Crippen molar-refractivity contribution in [1.29, 1.82) is 0 Å². The third-order valence-electron chi connectivity index (χ3n) is 3.44. The molecule has 150 valence electrons. The quantitative estimate of drug-likeness (QED) is 0.682. The lowest BCUT2D eigenvalue weighted by Crippen LogP contribution is -2.30. The molecule has 0 aromatic heterocycles. The van der Waals surface area contributed by atoms with Crippen molar-refractivity contribution in [3.63, 3.8) is 0 Å². The normalized spacial score (nSPS) is 11.6. The van der Waals surface area contributed by atoms with E-state index in [1.54, 1.807) is 6.92 Å². The summed E-state index contributed by atoms with van der Waals surface area (Å²) in [5.41, 5.74) is 0.190. The summed E-state index contributed by atoms with van der Waals surface area (Å²) in [6.45, 7) is 0.0775. The van der Waals surface area contributed by atoms with Crippen LogP contribution in [0.3, 0.4) is 0 Å². The zero-order chi connectivity index (χ0) is 20.7. The van der Waals surface area contributed by atoms with Crippen molar-refractivity contribution in [2.45, 2.75) is 26.6 Å². The van der Waals surface area contributed by atoms with Crippen LogP contribution in [0.25, 0.3) is 0 Å². The van der Waals surface area contributed by atoms with Crippen molar-refractivity contribution in [2.24, 2.45) is 0 Å². The molecule has 9 heteroatoms. The van der Waals surface area contributed by atoms with E-state index >= 15 is 0 Å². The molecule has 0 bridgehead atoms. The summed E-state index contributed by atoms with van der Waals surface area (Å²) in [5.74, 6) is -2.36. The number of ether oxygens (including phenoxy) is 3. The van der Waals surface area contributed by atoms with Gasteiger partial charge in [0.15, 0.2) is 17.6 Å². The monoisotopic (exact) mass is 397 g/mol. The maximum atomic E-state index is 13.2. The molecule has 0 aliphatic rings. The Balaban J connectivity index is 2.06. The first-order chi connectivity index (χ1) is 13.3. The number of benzene rings is 2. The van der Waals surface area contributed by atoms with Gasteiger partial charge >= 0.3 is 12.6 Å². The van der Waals surface area contributed by atoms with E-state index in [1.807, 2.05) is 0 Å². The van der Waals surface area contributed by atoms with E-state index in [2.05, 4.69) is 10.1 Å². The molecule has 1 N–H and O–H groups in total. The molecule has 0 aliphatic carbocycles. The van der Waals surface area contributed by atoms with Gasteiger partial charge in [0, 0.05) is 5.69 Å². The highest BCUT2D eigenvalue weighted by atomic mass is 19.3. The molecule has 6 nitrogen and oxygen atoms in total. The average Bonchev–Trinajstić information content (AvgIpc) is 2.62. The van der Waals surface area contributed by atoms with Crippen molar-refractivity contribution >= 4 is 17.6 Å². The zero-order valence-electron chi connectivity index (χ0n) is 15.1. The number of alkyl halides is 2. The molecule has 2 aromatic rings. The van der Waals surface area contributed by atoms with Gasteiger partial charge in [0.05, 0.1) is 12.2 Å². The molecule has 2 rings (SSSR count). The van der Waals surface area contributed by atoms with Gasteiger partial charge in [-0.15, -0.1) is 0 Å². The van der Waals surface area contributed by atoms with E-state index in [0.717, 1.165) is 12.1 Å². The van der Waals surface area contributed by atoms with Gasteiger partial charge in [0.25, 0.3) is 5.91 Å². The van der Waals surface area contributed by atoms with E-state index < -0.39 is 30.4 Å². The lowest BCUT2D eigenvalue weighted by Gasteiger charge is -2.15. The van der Waals surface area contributed by atoms with E-state index in [1.165, 1.54) is 37.3 Å². The first-order valence-electron chi connectivity index (χ1n) is 8.29. The third-order valence-corrected chi connectivity index (χ3v) is 3.44. The number of anilines is 1. The fourth-order valence-electron chi connectivity index (χ4n) is 2.19. The predicted octanol–water partition coefficient (Wildman–Crippen LogP) is 4.01. The zero-order valence-corrected chi connectivity index (χ0v) is 15.1. The summed E-state index contributed by atoms with van der Waals surface area (Å²) in [6.07, 6.45) is -1.19. The topological polar surface area (TPSA) is 73.9 Å². The van der Waals surface area contributed by atoms with E-state index in [4.69, 9.17) is 9.47 Å². The van der Waals surface area contributed by atoms with Crippen molar-refractivity contribution in [2.75, 3.05) is 11.9 Å². The van der Waals surface area contributed by atoms with Crippen LogP contribution in [0.15, 0.2) is 42.5 Å². The number of esters is 1. The summed E-state index contributed by atoms with van der Waals surface area (Å²) in [7, 11) is 0. The van der Waals surface area contributed by atoms with Crippen molar-refractivity contribution < 1.29 is 37.0 Å². The largest absolute Gasteiger partial charge is 0.490 e. The summed E-state index contributed by atoms with van der Waals surface area (Å²) in [6, 6.07) is 8.76. The van der Waals surface area contributed by atoms with E-state index in [9.17, 15) is 22.8 Å². The van der Waals surface area contributed by atoms with Crippen molar-refractivity contribution in [3.05, 3.63) is 53.8 Å². The van der Waals surface area contributed by atoms with Crippen molar-refractivity contribution in [3.8, 4) is 11.5 Å². The van der Waals surface area contributed by atoms with Crippen LogP contribution in [0.1, 0.15) is 24.2 Å². The summed E-state index contributed by atoms with van der Waals surface area (Å²) < 4.78 is 52.6. The van der Waals surface area contributed by atoms with Gasteiger partial charge in [0.1, 0.15) is 5.82 Å². The number of halogens is 3. The molecule has 28 heavy (non-hydrogen) atoms. The Kier molecular flexibility index (Phi) is 7.25. The Morgan fingerprint density at radius 1 is 1.11 bits per heavy atom. The molecule has 0 heterocycles. The number of hydrogen-bond donors (Lipinski definition) is 1. The van der Waals surface area contributed by atoms with Gasteiger partial charge in [-0.3, -0.25) is 4.79 Å². The number of nitrogens with one attached hydrogen (secondary N) is 1. The van der Waals surface area contributed by atoms with Crippen LogP contribution in [-0.2, 0) is 9.53 Å². The Morgan fingerprint density at radius 2 is 1.86 bits per heavy atom. The van der Waals surface area contributed by atoms with Gasteiger partial charge < -0.3 is 19.5 Å². The molecule has 0 spiro atoms. The van der Waals surface area contributed by atoms with Gasteiger partial charge in [-0.25, -0.2) is 9.18 Å². The fraction of sp³-hybridized carbons (Fsp3) is 0.263. The van der Waals surface area contributed by atoms with Crippen LogP contribution < -0.4 is 14.8 Å². The molecule has 0 fully saturated rings. The molecular weight excluding hydrogens is 379 g/mol. The molecule has 1 atom stereocenters. The number of hydrogen-bond acceptors (Lipinski definition) is 5. The summed E-state index contributed by atoms with van der Waals surface area (Å²) in [4.78, 5) is 24.3. The summed E-state index contributed by atoms with van der Waals surface area (Å²) >= 11 is 0. The molecule has 0 radical (unpaired) electrons. The SMILES string of the molecule is CCOc1cc(C(=O)O[C@@H](C)C(=O)Nc2cccc(F)c2)ccc1OC(F)F.